The highest BCUT2D eigenvalue weighted by Gasteiger charge is 2.34. The van der Waals surface area contributed by atoms with Gasteiger partial charge < -0.3 is 10.2 Å². The second-order valence-corrected chi connectivity index (χ2v) is 15.0. The number of aryl methyl sites for hydroxylation is 1. The first-order valence-corrected chi connectivity index (χ1v) is 17.4. The number of nitrogens with zero attached hydrogens (tertiary/aromatic N) is 2. The van der Waals surface area contributed by atoms with Gasteiger partial charge in [0.2, 0.25) is 21.8 Å². The zero-order valence-corrected chi connectivity index (χ0v) is 27.6. The van der Waals surface area contributed by atoms with Crippen molar-refractivity contribution in [2.24, 2.45) is 0 Å². The van der Waals surface area contributed by atoms with Crippen molar-refractivity contribution in [2.75, 3.05) is 17.1 Å². The van der Waals surface area contributed by atoms with Gasteiger partial charge in [0.1, 0.15) is 12.6 Å². The third-order valence-corrected chi connectivity index (χ3v) is 9.67. The van der Waals surface area contributed by atoms with Crippen molar-refractivity contribution >= 4 is 27.5 Å². The molecule has 1 aliphatic rings. The fourth-order valence-electron chi connectivity index (χ4n) is 5.81. The lowest BCUT2D eigenvalue weighted by molar-refractivity contribution is -0.140. The van der Waals surface area contributed by atoms with Gasteiger partial charge in [0, 0.05) is 19.0 Å². The van der Waals surface area contributed by atoms with E-state index in [-0.39, 0.29) is 23.9 Å². The first kappa shape index (κ1) is 33.2. The molecule has 0 aromatic heterocycles. The van der Waals surface area contributed by atoms with Crippen LogP contribution in [0, 0.1) is 6.92 Å². The fourth-order valence-corrected chi connectivity index (χ4v) is 6.66. The molecule has 1 fully saturated rings. The number of carbonyl (C=O) groups is 2. The van der Waals surface area contributed by atoms with Crippen molar-refractivity contribution in [1.29, 1.82) is 0 Å². The molecule has 3 aromatic carbocycles. The highest BCUT2D eigenvalue weighted by Crippen LogP contribution is 2.27. The predicted molar refractivity (Wildman–Crippen MR) is 178 cm³/mol. The summed E-state index contributed by atoms with van der Waals surface area (Å²) in [4.78, 5) is 30.0. The standard InChI is InChI=1S/C36H47N3O4S/c1-27-14-12-13-17-29(27)25-38(33(24-28-15-8-6-9-16-28)35(41)37-31-18-10-7-11-19-31)34(40)26-39(44(5,42)43)32-22-20-30(21-23-32)36(2,3)4/h6,8-9,12-17,20-23,31,33H,7,10-11,18-19,24-26H2,1-5H3,(H,37,41)/t33-/m0/s1. The van der Waals surface area contributed by atoms with E-state index in [0.29, 0.717) is 12.1 Å². The largest absolute Gasteiger partial charge is 0.352 e. The van der Waals surface area contributed by atoms with Crippen LogP contribution in [0.4, 0.5) is 5.69 Å². The minimum Gasteiger partial charge on any atom is -0.352 e. The average molecular weight is 618 g/mol. The maximum Gasteiger partial charge on any atom is 0.244 e. The van der Waals surface area contributed by atoms with Gasteiger partial charge in [0.25, 0.3) is 0 Å². The first-order valence-electron chi connectivity index (χ1n) is 15.6. The van der Waals surface area contributed by atoms with Crippen LogP contribution in [0.2, 0.25) is 0 Å². The van der Waals surface area contributed by atoms with Crippen molar-refractivity contribution in [2.45, 2.75) is 90.3 Å². The minimum atomic E-state index is -3.82. The molecule has 44 heavy (non-hydrogen) atoms. The molecule has 0 heterocycles. The lowest BCUT2D eigenvalue weighted by Gasteiger charge is -2.35. The molecule has 4 rings (SSSR count). The monoisotopic (exact) mass is 617 g/mol. The third kappa shape index (κ3) is 8.94. The van der Waals surface area contributed by atoms with Crippen LogP contribution in [0.5, 0.6) is 0 Å². The molecule has 1 atom stereocenters. The number of rotatable bonds is 11. The fraction of sp³-hybridized carbons (Fsp3) is 0.444. The molecular formula is C36H47N3O4S. The second kappa shape index (κ2) is 14.4. The van der Waals surface area contributed by atoms with Gasteiger partial charge in [-0.25, -0.2) is 8.42 Å². The Balaban J connectivity index is 1.72. The van der Waals surface area contributed by atoms with Crippen LogP contribution in [0.1, 0.15) is 75.1 Å². The van der Waals surface area contributed by atoms with Crippen LogP contribution in [0.25, 0.3) is 0 Å². The second-order valence-electron chi connectivity index (χ2n) is 13.1. The van der Waals surface area contributed by atoms with E-state index in [4.69, 9.17) is 0 Å². The molecule has 1 saturated carbocycles. The van der Waals surface area contributed by atoms with Gasteiger partial charge in [-0.1, -0.05) is 107 Å². The summed E-state index contributed by atoms with van der Waals surface area (Å²) in [5.74, 6) is -0.638. The Hall–Kier alpha value is -3.65. The number of hydrogen-bond acceptors (Lipinski definition) is 4. The van der Waals surface area contributed by atoms with E-state index in [1.165, 1.54) is 0 Å². The summed E-state index contributed by atoms with van der Waals surface area (Å²) in [5, 5.41) is 3.25. The van der Waals surface area contributed by atoms with Gasteiger partial charge >= 0.3 is 0 Å². The van der Waals surface area contributed by atoms with E-state index in [1.807, 2.05) is 73.7 Å². The van der Waals surface area contributed by atoms with Gasteiger partial charge in [-0.15, -0.1) is 0 Å². The van der Waals surface area contributed by atoms with Crippen molar-refractivity contribution < 1.29 is 18.0 Å². The Kier molecular flexibility index (Phi) is 10.9. The summed E-state index contributed by atoms with van der Waals surface area (Å²) in [6.07, 6.45) is 6.56. The molecule has 7 nitrogen and oxygen atoms in total. The van der Waals surface area contributed by atoms with Crippen molar-refractivity contribution in [3.8, 4) is 0 Å². The third-order valence-electron chi connectivity index (χ3n) is 8.53. The SMILES string of the molecule is Cc1ccccc1CN(C(=O)CN(c1ccc(C(C)(C)C)cc1)S(C)(=O)=O)[C@@H](Cc1ccccc1)C(=O)NC1CCCCC1. The Morgan fingerprint density at radius 3 is 2.09 bits per heavy atom. The number of carbonyl (C=O) groups excluding carboxylic acids is 2. The van der Waals surface area contributed by atoms with E-state index in [0.717, 1.165) is 64.9 Å². The van der Waals surface area contributed by atoms with E-state index in [1.54, 1.807) is 17.0 Å². The molecular weight excluding hydrogens is 570 g/mol. The topological polar surface area (TPSA) is 86.8 Å². The zero-order chi connectivity index (χ0) is 31.9. The van der Waals surface area contributed by atoms with E-state index < -0.39 is 28.5 Å². The zero-order valence-electron chi connectivity index (χ0n) is 26.8. The summed E-state index contributed by atoms with van der Waals surface area (Å²) >= 11 is 0. The molecule has 1 N–H and O–H groups in total. The number of sulfonamides is 1. The maximum atomic E-state index is 14.4. The normalized spacial score (nSPS) is 14.9. The Bertz CT molecular complexity index is 1510. The van der Waals surface area contributed by atoms with Crippen molar-refractivity contribution in [3.05, 3.63) is 101 Å². The summed E-state index contributed by atoms with van der Waals surface area (Å²) in [6, 6.07) is 24.0. The summed E-state index contributed by atoms with van der Waals surface area (Å²) in [5.41, 5.74) is 4.20. The predicted octanol–water partition coefficient (Wildman–Crippen LogP) is 6.15. The number of benzene rings is 3. The molecule has 2 amide bonds. The van der Waals surface area contributed by atoms with Crippen molar-refractivity contribution in [1.82, 2.24) is 10.2 Å². The van der Waals surface area contributed by atoms with Crippen LogP contribution in [0.15, 0.2) is 78.9 Å². The van der Waals surface area contributed by atoms with E-state index in [2.05, 4.69) is 26.1 Å². The van der Waals surface area contributed by atoms with Crippen LogP contribution >= 0.6 is 0 Å². The van der Waals surface area contributed by atoms with E-state index >= 15 is 0 Å². The quantitative estimate of drug-likeness (QED) is 0.280. The molecule has 236 valence electrons. The highest BCUT2D eigenvalue weighted by atomic mass is 32.2. The van der Waals surface area contributed by atoms with Gasteiger partial charge in [-0.05, 0) is 59.6 Å². The van der Waals surface area contributed by atoms with Gasteiger partial charge in [0.15, 0.2) is 0 Å². The van der Waals surface area contributed by atoms with Crippen molar-refractivity contribution in [3.63, 3.8) is 0 Å². The summed E-state index contributed by atoms with van der Waals surface area (Å²) in [6.45, 7) is 8.02. The van der Waals surface area contributed by atoms with Gasteiger partial charge in [-0.2, -0.15) is 0 Å². The summed E-state index contributed by atoms with van der Waals surface area (Å²) < 4.78 is 27.4. The Morgan fingerprint density at radius 1 is 0.886 bits per heavy atom. The first-order chi connectivity index (χ1) is 20.8. The van der Waals surface area contributed by atoms with Crippen LogP contribution < -0.4 is 9.62 Å². The number of anilines is 1. The lowest BCUT2D eigenvalue weighted by Crippen LogP contribution is -2.55. The molecule has 0 unspecified atom stereocenters. The lowest BCUT2D eigenvalue weighted by atomic mass is 9.87. The maximum absolute atomic E-state index is 14.4. The molecule has 0 saturated heterocycles. The smallest absolute Gasteiger partial charge is 0.244 e. The van der Waals surface area contributed by atoms with Gasteiger partial charge in [0.05, 0.1) is 11.9 Å². The number of hydrogen-bond donors (Lipinski definition) is 1. The molecule has 0 bridgehead atoms. The molecule has 8 heteroatoms. The molecule has 1 aliphatic carbocycles. The number of amides is 2. The van der Waals surface area contributed by atoms with Crippen LogP contribution in [-0.2, 0) is 38.0 Å². The Labute approximate surface area is 263 Å². The Morgan fingerprint density at radius 2 is 1.50 bits per heavy atom. The van der Waals surface area contributed by atoms with E-state index in [9.17, 15) is 18.0 Å². The molecule has 0 spiro atoms. The molecule has 3 aromatic rings. The molecule has 0 aliphatic heterocycles. The van der Waals surface area contributed by atoms with Crippen LogP contribution in [-0.4, -0.2) is 50.0 Å². The van der Waals surface area contributed by atoms with Gasteiger partial charge in [-0.3, -0.25) is 13.9 Å². The van der Waals surface area contributed by atoms with Crippen LogP contribution in [0.3, 0.4) is 0 Å². The number of nitrogens with one attached hydrogen (secondary N) is 1. The summed E-state index contributed by atoms with van der Waals surface area (Å²) in [7, 11) is -3.82. The average Bonchev–Trinajstić information content (AvgIpc) is 2.98. The highest BCUT2D eigenvalue weighted by molar-refractivity contribution is 7.92. The minimum absolute atomic E-state index is 0.0683. The molecule has 0 radical (unpaired) electrons.